The quantitative estimate of drug-likeness (QED) is 0.819. The second kappa shape index (κ2) is 6.86. The van der Waals surface area contributed by atoms with Gasteiger partial charge in [0, 0.05) is 33.4 Å². The van der Waals surface area contributed by atoms with Crippen molar-refractivity contribution in [3.8, 4) is 0 Å². The van der Waals surface area contributed by atoms with Gasteiger partial charge in [-0.25, -0.2) is 0 Å². The summed E-state index contributed by atoms with van der Waals surface area (Å²) < 4.78 is 0.886. The van der Waals surface area contributed by atoms with E-state index in [2.05, 4.69) is 32.9 Å². The van der Waals surface area contributed by atoms with Crippen LogP contribution in [0.5, 0.6) is 0 Å². The summed E-state index contributed by atoms with van der Waals surface area (Å²) in [6.07, 6.45) is 2.46. The molecule has 0 saturated carbocycles. The molecule has 19 heavy (non-hydrogen) atoms. The van der Waals surface area contributed by atoms with Crippen LogP contribution in [0.3, 0.4) is 0 Å². The zero-order chi connectivity index (χ0) is 13.7. The van der Waals surface area contributed by atoms with Gasteiger partial charge in [-0.1, -0.05) is 17.7 Å². The lowest BCUT2D eigenvalue weighted by molar-refractivity contribution is 0.0953. The number of nitrogens with zero attached hydrogens (tertiary/aromatic N) is 1. The Balaban J connectivity index is 1.93. The fourth-order valence-corrected chi connectivity index (χ4v) is 2.37. The summed E-state index contributed by atoms with van der Waals surface area (Å²) >= 11 is 8.02. The van der Waals surface area contributed by atoms with Crippen LogP contribution >= 0.6 is 34.2 Å². The molecule has 3 nitrogen and oxygen atoms in total. The summed E-state index contributed by atoms with van der Waals surface area (Å²) in [5, 5.41) is 3.44. The standard InChI is InChI=1S/C14H12ClIN2O/c15-10-4-5-13(16)12(9-10)14(19)18-8-6-11-3-1-2-7-17-11/h1-5,7,9H,6,8H2,(H,18,19). The molecule has 5 heteroatoms. The van der Waals surface area contributed by atoms with Crippen LogP contribution in [-0.4, -0.2) is 17.4 Å². The van der Waals surface area contributed by atoms with Crippen molar-refractivity contribution in [2.24, 2.45) is 0 Å². The minimum atomic E-state index is -0.108. The molecule has 0 aliphatic rings. The van der Waals surface area contributed by atoms with Crippen molar-refractivity contribution in [1.82, 2.24) is 10.3 Å². The highest BCUT2D eigenvalue weighted by Gasteiger charge is 2.09. The van der Waals surface area contributed by atoms with Gasteiger partial charge in [0.1, 0.15) is 0 Å². The van der Waals surface area contributed by atoms with Gasteiger partial charge >= 0.3 is 0 Å². The number of hydrogen-bond donors (Lipinski definition) is 1. The van der Waals surface area contributed by atoms with Gasteiger partial charge in [0.25, 0.3) is 5.91 Å². The van der Waals surface area contributed by atoms with Gasteiger partial charge in [-0.2, -0.15) is 0 Å². The molecule has 1 N–H and O–H groups in total. The lowest BCUT2D eigenvalue weighted by Gasteiger charge is -2.07. The maximum absolute atomic E-state index is 12.0. The Bertz CT molecular complexity index is 575. The summed E-state index contributed by atoms with van der Waals surface area (Å²) in [4.78, 5) is 16.2. The van der Waals surface area contributed by atoms with E-state index in [0.29, 0.717) is 23.6 Å². The molecule has 0 spiro atoms. The number of pyridine rings is 1. The van der Waals surface area contributed by atoms with Crippen LogP contribution in [0.25, 0.3) is 0 Å². The lowest BCUT2D eigenvalue weighted by Crippen LogP contribution is -2.26. The maximum atomic E-state index is 12.0. The van der Waals surface area contributed by atoms with Crippen molar-refractivity contribution in [3.05, 3.63) is 62.4 Å². The molecular formula is C14H12ClIN2O. The molecule has 0 aliphatic carbocycles. The second-order valence-electron chi connectivity index (χ2n) is 3.95. The molecule has 2 aromatic rings. The number of amides is 1. The van der Waals surface area contributed by atoms with E-state index in [-0.39, 0.29) is 5.91 Å². The Morgan fingerprint density at radius 3 is 2.89 bits per heavy atom. The van der Waals surface area contributed by atoms with E-state index in [4.69, 9.17) is 11.6 Å². The van der Waals surface area contributed by atoms with E-state index in [1.165, 1.54) is 0 Å². The number of nitrogens with one attached hydrogen (secondary N) is 1. The predicted molar refractivity (Wildman–Crippen MR) is 84.4 cm³/mol. The molecule has 98 valence electrons. The fourth-order valence-electron chi connectivity index (χ4n) is 1.62. The number of rotatable bonds is 4. The van der Waals surface area contributed by atoms with Crippen LogP contribution in [0, 0.1) is 3.57 Å². The third-order valence-corrected chi connectivity index (χ3v) is 3.74. The predicted octanol–water partition coefficient (Wildman–Crippen LogP) is 3.31. The van der Waals surface area contributed by atoms with Gasteiger partial charge < -0.3 is 5.32 Å². The van der Waals surface area contributed by atoms with E-state index < -0.39 is 0 Å². The van der Waals surface area contributed by atoms with Crippen LogP contribution < -0.4 is 5.32 Å². The maximum Gasteiger partial charge on any atom is 0.252 e. The molecule has 0 bridgehead atoms. The molecule has 0 fully saturated rings. The summed E-state index contributed by atoms with van der Waals surface area (Å²) in [6, 6.07) is 11.0. The summed E-state index contributed by atoms with van der Waals surface area (Å²) in [5.74, 6) is -0.108. The topological polar surface area (TPSA) is 42.0 Å². The second-order valence-corrected chi connectivity index (χ2v) is 5.55. The van der Waals surface area contributed by atoms with Crippen molar-refractivity contribution in [1.29, 1.82) is 0 Å². The summed E-state index contributed by atoms with van der Waals surface area (Å²) in [6.45, 7) is 0.554. The first kappa shape index (κ1) is 14.3. The number of benzene rings is 1. The summed E-state index contributed by atoms with van der Waals surface area (Å²) in [7, 11) is 0. The van der Waals surface area contributed by atoms with Gasteiger partial charge in [0.05, 0.1) is 5.56 Å². The molecule has 0 aliphatic heterocycles. The zero-order valence-electron chi connectivity index (χ0n) is 10.1. The van der Waals surface area contributed by atoms with Gasteiger partial charge in [-0.15, -0.1) is 0 Å². The van der Waals surface area contributed by atoms with E-state index in [0.717, 1.165) is 9.26 Å². The van der Waals surface area contributed by atoms with Gasteiger partial charge in [0.2, 0.25) is 0 Å². The molecule has 1 aromatic heterocycles. The van der Waals surface area contributed by atoms with E-state index in [9.17, 15) is 4.79 Å². The number of carbonyl (C=O) groups excluding carboxylic acids is 1. The minimum absolute atomic E-state index is 0.108. The third kappa shape index (κ3) is 4.18. The number of carbonyl (C=O) groups is 1. The van der Waals surface area contributed by atoms with E-state index in [1.807, 2.05) is 24.3 Å². The first-order valence-corrected chi connectivity index (χ1v) is 7.25. The Kier molecular flexibility index (Phi) is 5.15. The lowest BCUT2D eigenvalue weighted by atomic mass is 10.2. The molecular weight excluding hydrogens is 375 g/mol. The van der Waals surface area contributed by atoms with E-state index >= 15 is 0 Å². The monoisotopic (exact) mass is 386 g/mol. The average Bonchev–Trinajstić information content (AvgIpc) is 2.42. The van der Waals surface area contributed by atoms with Crippen LogP contribution in [0.2, 0.25) is 5.02 Å². The number of halogens is 2. The molecule has 0 radical (unpaired) electrons. The van der Waals surface area contributed by atoms with Crippen molar-refractivity contribution in [3.63, 3.8) is 0 Å². The fraction of sp³-hybridized carbons (Fsp3) is 0.143. The van der Waals surface area contributed by atoms with Crippen LogP contribution in [-0.2, 0) is 6.42 Å². The van der Waals surface area contributed by atoms with Crippen molar-refractivity contribution in [2.45, 2.75) is 6.42 Å². The van der Waals surface area contributed by atoms with Crippen LogP contribution in [0.15, 0.2) is 42.6 Å². The molecule has 1 aromatic carbocycles. The van der Waals surface area contributed by atoms with Crippen molar-refractivity contribution < 1.29 is 4.79 Å². The molecule has 0 unspecified atom stereocenters. The highest BCUT2D eigenvalue weighted by atomic mass is 127. The minimum Gasteiger partial charge on any atom is -0.352 e. The third-order valence-electron chi connectivity index (χ3n) is 2.57. The first-order chi connectivity index (χ1) is 9.16. The Morgan fingerprint density at radius 2 is 2.16 bits per heavy atom. The largest absolute Gasteiger partial charge is 0.352 e. The highest BCUT2D eigenvalue weighted by molar-refractivity contribution is 14.1. The van der Waals surface area contributed by atoms with Gasteiger partial charge in [-0.3, -0.25) is 9.78 Å². The number of aromatic nitrogens is 1. The average molecular weight is 387 g/mol. The molecule has 2 rings (SSSR count). The van der Waals surface area contributed by atoms with E-state index in [1.54, 1.807) is 18.3 Å². The van der Waals surface area contributed by atoms with Crippen molar-refractivity contribution in [2.75, 3.05) is 6.54 Å². The SMILES string of the molecule is O=C(NCCc1ccccn1)c1cc(Cl)ccc1I. The zero-order valence-corrected chi connectivity index (χ0v) is 13.0. The molecule has 1 amide bonds. The Hall–Kier alpha value is -1.14. The normalized spacial score (nSPS) is 10.2. The van der Waals surface area contributed by atoms with Crippen LogP contribution in [0.4, 0.5) is 0 Å². The van der Waals surface area contributed by atoms with Gasteiger partial charge in [0.15, 0.2) is 0 Å². The molecule has 0 saturated heterocycles. The highest BCUT2D eigenvalue weighted by Crippen LogP contribution is 2.17. The first-order valence-electron chi connectivity index (χ1n) is 5.80. The summed E-state index contributed by atoms with van der Waals surface area (Å²) in [5.41, 5.74) is 1.57. The Morgan fingerprint density at radius 1 is 1.32 bits per heavy atom. The number of hydrogen-bond acceptors (Lipinski definition) is 2. The van der Waals surface area contributed by atoms with Crippen LogP contribution in [0.1, 0.15) is 16.1 Å². The smallest absolute Gasteiger partial charge is 0.252 e. The van der Waals surface area contributed by atoms with Crippen molar-refractivity contribution >= 4 is 40.1 Å². The van der Waals surface area contributed by atoms with Gasteiger partial charge in [-0.05, 0) is 52.9 Å². The molecule has 0 atom stereocenters. The Labute approximate surface area is 130 Å². The molecule has 1 heterocycles.